The van der Waals surface area contributed by atoms with Gasteiger partial charge in [-0.25, -0.2) is 0 Å². The van der Waals surface area contributed by atoms with Gasteiger partial charge in [0.1, 0.15) is 5.75 Å². The molecule has 0 saturated heterocycles. The average molecular weight is 348 g/mol. The number of hydrogen-bond acceptors (Lipinski definition) is 2. The summed E-state index contributed by atoms with van der Waals surface area (Å²) in [6.07, 6.45) is 4.22. The summed E-state index contributed by atoms with van der Waals surface area (Å²) in [5.41, 5.74) is 4.42. The van der Waals surface area contributed by atoms with E-state index < -0.39 is 0 Å². The zero-order valence-electron chi connectivity index (χ0n) is 16.2. The van der Waals surface area contributed by atoms with Crippen LogP contribution in [-0.4, -0.2) is 12.9 Å². The molecule has 0 aromatic heterocycles. The molecule has 0 N–H and O–H groups in total. The Morgan fingerprint density at radius 2 is 1.54 bits per heavy atom. The number of ketones is 1. The number of methoxy groups -OCH3 is 1. The molecule has 2 nitrogen and oxygen atoms in total. The number of carbonyl (C=O) groups excluding carboxylic acids is 1. The lowest BCUT2D eigenvalue weighted by Gasteiger charge is -2.30. The van der Waals surface area contributed by atoms with E-state index in [1.54, 1.807) is 7.11 Å². The lowest BCUT2D eigenvalue weighted by molar-refractivity contribution is -0.122. The van der Waals surface area contributed by atoms with Crippen molar-refractivity contribution in [3.8, 4) is 16.9 Å². The number of rotatable bonds is 4. The molecule has 2 atom stereocenters. The SMILES string of the molecule is COc1ccc(-c2ccc(/C=C3\C(=O)[C@H](C(C)C)CC[C@@H]3C)cc2)cc1. The molecule has 0 spiro atoms. The Hall–Kier alpha value is -2.35. The first-order valence-corrected chi connectivity index (χ1v) is 9.50. The van der Waals surface area contributed by atoms with Crippen molar-refractivity contribution in [2.24, 2.45) is 17.8 Å². The fraction of sp³-hybridized carbons (Fsp3) is 0.375. The van der Waals surface area contributed by atoms with Gasteiger partial charge in [0.2, 0.25) is 0 Å². The molecule has 1 aliphatic rings. The van der Waals surface area contributed by atoms with Crippen molar-refractivity contribution in [3.63, 3.8) is 0 Å². The Kier molecular flexibility index (Phi) is 5.61. The summed E-state index contributed by atoms with van der Waals surface area (Å²) in [6, 6.07) is 16.5. The molecular formula is C24H28O2. The van der Waals surface area contributed by atoms with Gasteiger partial charge in [-0.1, -0.05) is 57.2 Å². The molecule has 0 heterocycles. The first kappa shape index (κ1) is 18.4. The van der Waals surface area contributed by atoms with Gasteiger partial charge in [0.05, 0.1) is 7.11 Å². The lowest BCUT2D eigenvalue weighted by Crippen LogP contribution is -2.30. The van der Waals surface area contributed by atoms with Crippen LogP contribution in [0.2, 0.25) is 0 Å². The van der Waals surface area contributed by atoms with Gasteiger partial charge in [0.25, 0.3) is 0 Å². The minimum atomic E-state index is 0.177. The van der Waals surface area contributed by atoms with Crippen molar-refractivity contribution < 1.29 is 9.53 Å². The van der Waals surface area contributed by atoms with Gasteiger partial charge in [0.15, 0.2) is 5.78 Å². The van der Waals surface area contributed by atoms with Crippen molar-refractivity contribution in [1.29, 1.82) is 0 Å². The van der Waals surface area contributed by atoms with Crippen LogP contribution in [-0.2, 0) is 4.79 Å². The predicted molar refractivity (Wildman–Crippen MR) is 108 cm³/mol. The Labute approximate surface area is 156 Å². The summed E-state index contributed by atoms with van der Waals surface area (Å²) in [7, 11) is 1.68. The molecule has 2 aromatic carbocycles. The highest BCUT2D eigenvalue weighted by molar-refractivity contribution is 6.02. The number of ether oxygens (including phenoxy) is 1. The summed E-state index contributed by atoms with van der Waals surface area (Å²) in [6.45, 7) is 6.48. The van der Waals surface area contributed by atoms with E-state index in [0.717, 1.165) is 40.9 Å². The maximum absolute atomic E-state index is 12.9. The molecule has 1 fully saturated rings. The molecule has 136 valence electrons. The molecule has 26 heavy (non-hydrogen) atoms. The van der Waals surface area contributed by atoms with Crippen molar-refractivity contribution in [2.45, 2.75) is 33.6 Å². The third-order valence-electron chi connectivity index (χ3n) is 5.52. The average Bonchev–Trinajstić information content (AvgIpc) is 2.65. The normalized spacial score (nSPS) is 22.0. The van der Waals surface area contributed by atoms with Gasteiger partial charge in [0, 0.05) is 5.92 Å². The lowest BCUT2D eigenvalue weighted by atomic mass is 9.73. The zero-order chi connectivity index (χ0) is 18.7. The highest BCUT2D eigenvalue weighted by atomic mass is 16.5. The quantitative estimate of drug-likeness (QED) is 0.632. The molecule has 2 aromatic rings. The van der Waals surface area contributed by atoms with Gasteiger partial charge >= 0.3 is 0 Å². The first-order valence-electron chi connectivity index (χ1n) is 9.50. The summed E-state index contributed by atoms with van der Waals surface area (Å²) in [5, 5.41) is 0. The zero-order valence-corrected chi connectivity index (χ0v) is 16.2. The number of carbonyl (C=O) groups is 1. The maximum Gasteiger partial charge on any atom is 0.162 e. The van der Waals surface area contributed by atoms with Crippen LogP contribution in [0.3, 0.4) is 0 Å². The smallest absolute Gasteiger partial charge is 0.162 e. The van der Waals surface area contributed by atoms with E-state index >= 15 is 0 Å². The Morgan fingerprint density at radius 1 is 0.962 bits per heavy atom. The van der Waals surface area contributed by atoms with Crippen LogP contribution in [0.1, 0.15) is 39.2 Å². The van der Waals surface area contributed by atoms with Crippen molar-refractivity contribution in [2.75, 3.05) is 7.11 Å². The second-order valence-corrected chi connectivity index (χ2v) is 7.64. The second kappa shape index (κ2) is 7.90. The molecule has 0 bridgehead atoms. The van der Waals surface area contributed by atoms with Gasteiger partial charge in [-0.15, -0.1) is 0 Å². The minimum Gasteiger partial charge on any atom is -0.497 e. The Bertz CT molecular complexity index is 782. The van der Waals surface area contributed by atoms with Crippen LogP contribution in [0.15, 0.2) is 54.1 Å². The standard InChI is InChI=1S/C24H28O2/c1-16(2)22-14-5-17(3)23(24(22)25)15-18-6-8-19(9-7-18)20-10-12-21(26-4)13-11-20/h6-13,15-17,22H,5,14H2,1-4H3/b23-15-/t17-,22-/m0/s1. The van der Waals surface area contributed by atoms with Crippen molar-refractivity contribution in [3.05, 3.63) is 59.7 Å². The summed E-state index contributed by atoms with van der Waals surface area (Å²) in [5.74, 6) is 2.14. The number of hydrogen-bond donors (Lipinski definition) is 0. The van der Waals surface area contributed by atoms with Gasteiger partial charge in [-0.3, -0.25) is 4.79 Å². The second-order valence-electron chi connectivity index (χ2n) is 7.64. The van der Waals surface area contributed by atoms with Crippen LogP contribution in [0.5, 0.6) is 5.75 Å². The van der Waals surface area contributed by atoms with Crippen LogP contribution in [0.4, 0.5) is 0 Å². The van der Waals surface area contributed by atoms with E-state index in [-0.39, 0.29) is 5.92 Å². The van der Waals surface area contributed by atoms with E-state index in [2.05, 4.69) is 63.2 Å². The Balaban J connectivity index is 1.83. The molecule has 1 aliphatic carbocycles. The van der Waals surface area contributed by atoms with E-state index in [0.29, 0.717) is 17.6 Å². The predicted octanol–water partition coefficient (Wildman–Crippen LogP) is 6.02. The number of benzene rings is 2. The monoisotopic (exact) mass is 348 g/mol. The van der Waals surface area contributed by atoms with Crippen molar-refractivity contribution >= 4 is 11.9 Å². The molecule has 2 heteroatoms. The van der Waals surface area contributed by atoms with E-state index in [9.17, 15) is 4.79 Å². The van der Waals surface area contributed by atoms with Crippen LogP contribution < -0.4 is 4.74 Å². The molecule has 0 radical (unpaired) electrons. The van der Waals surface area contributed by atoms with E-state index in [1.807, 2.05) is 12.1 Å². The fourth-order valence-electron chi connectivity index (χ4n) is 3.76. The highest BCUT2D eigenvalue weighted by Gasteiger charge is 2.32. The maximum atomic E-state index is 12.9. The van der Waals surface area contributed by atoms with Gasteiger partial charge in [-0.05, 0) is 65.1 Å². The number of Topliss-reactive ketones (excluding diaryl/α,β-unsaturated/α-hetero) is 1. The van der Waals surface area contributed by atoms with Crippen LogP contribution >= 0.6 is 0 Å². The van der Waals surface area contributed by atoms with E-state index in [4.69, 9.17) is 4.74 Å². The molecule has 0 unspecified atom stereocenters. The number of allylic oxidation sites excluding steroid dienone is 1. The van der Waals surface area contributed by atoms with E-state index in [1.165, 1.54) is 0 Å². The third kappa shape index (κ3) is 3.90. The van der Waals surface area contributed by atoms with Crippen LogP contribution in [0, 0.1) is 17.8 Å². The first-order chi connectivity index (χ1) is 12.5. The Morgan fingerprint density at radius 3 is 2.08 bits per heavy atom. The summed E-state index contributed by atoms with van der Waals surface area (Å²) in [4.78, 5) is 12.9. The minimum absolute atomic E-state index is 0.177. The molecule has 1 saturated carbocycles. The third-order valence-corrected chi connectivity index (χ3v) is 5.52. The largest absolute Gasteiger partial charge is 0.497 e. The van der Waals surface area contributed by atoms with Crippen LogP contribution in [0.25, 0.3) is 17.2 Å². The highest BCUT2D eigenvalue weighted by Crippen LogP contribution is 2.35. The molecule has 0 amide bonds. The topological polar surface area (TPSA) is 26.3 Å². The van der Waals surface area contributed by atoms with Gasteiger partial charge in [-0.2, -0.15) is 0 Å². The molecule has 0 aliphatic heterocycles. The fourth-order valence-corrected chi connectivity index (χ4v) is 3.76. The van der Waals surface area contributed by atoms with Crippen molar-refractivity contribution in [1.82, 2.24) is 0 Å². The molecular weight excluding hydrogens is 320 g/mol. The summed E-state index contributed by atoms with van der Waals surface area (Å²) >= 11 is 0. The summed E-state index contributed by atoms with van der Waals surface area (Å²) < 4.78 is 5.21. The molecule has 3 rings (SSSR count). The van der Waals surface area contributed by atoms with Gasteiger partial charge < -0.3 is 4.74 Å².